The van der Waals surface area contributed by atoms with Gasteiger partial charge in [0.2, 0.25) is 11.8 Å². The molecule has 8 heteroatoms. The topological polar surface area (TPSA) is 94.6 Å². The summed E-state index contributed by atoms with van der Waals surface area (Å²) in [6.45, 7) is 6.35. The molecule has 34 heavy (non-hydrogen) atoms. The highest BCUT2D eigenvalue weighted by atomic mass is 16.2. The summed E-state index contributed by atoms with van der Waals surface area (Å²) in [4.78, 5) is 46.0. The lowest BCUT2D eigenvalue weighted by atomic mass is 10.00. The number of nitrogens with one attached hydrogen (secondary N) is 2. The summed E-state index contributed by atoms with van der Waals surface area (Å²) in [5.41, 5.74) is 2.79. The molecule has 4 amide bonds. The summed E-state index contributed by atoms with van der Waals surface area (Å²) in [5, 5.41) is 5.81. The molecule has 1 saturated heterocycles. The maximum atomic E-state index is 13.4. The third-order valence-corrected chi connectivity index (χ3v) is 6.15. The van der Waals surface area contributed by atoms with E-state index in [1.165, 1.54) is 4.90 Å². The fourth-order valence-corrected chi connectivity index (χ4v) is 4.07. The van der Waals surface area contributed by atoms with Gasteiger partial charge in [-0.25, -0.2) is 4.79 Å². The van der Waals surface area contributed by atoms with Crippen LogP contribution in [-0.4, -0.2) is 65.4 Å². The first-order valence-electron chi connectivity index (χ1n) is 11.8. The highest BCUT2D eigenvalue weighted by Crippen LogP contribution is 2.25. The average molecular weight is 466 g/mol. The van der Waals surface area contributed by atoms with Gasteiger partial charge < -0.3 is 20.4 Å². The van der Waals surface area contributed by atoms with Crippen LogP contribution < -0.4 is 10.6 Å². The van der Waals surface area contributed by atoms with Crippen molar-refractivity contribution < 1.29 is 14.4 Å². The molecule has 1 fully saturated rings. The number of benzene rings is 1. The molecule has 3 atom stereocenters. The second-order valence-corrected chi connectivity index (χ2v) is 9.28. The summed E-state index contributed by atoms with van der Waals surface area (Å²) in [6.07, 6.45) is 3.16. The number of likely N-dealkylation sites (tertiary alicyclic amines) is 1. The zero-order valence-corrected chi connectivity index (χ0v) is 20.6. The van der Waals surface area contributed by atoms with E-state index in [0.717, 1.165) is 23.2 Å². The Kier molecular flexibility index (Phi) is 8.26. The van der Waals surface area contributed by atoms with Crippen LogP contribution in [0.3, 0.4) is 0 Å². The molecular weight excluding hydrogens is 430 g/mol. The Labute approximate surface area is 201 Å². The lowest BCUT2D eigenvalue weighted by molar-refractivity contribution is -0.139. The Balaban J connectivity index is 1.79. The van der Waals surface area contributed by atoms with Gasteiger partial charge in [-0.2, -0.15) is 0 Å². The normalized spacial score (nSPS) is 17.2. The van der Waals surface area contributed by atoms with E-state index in [0.29, 0.717) is 18.9 Å². The number of aromatic nitrogens is 1. The molecule has 2 N–H and O–H groups in total. The zero-order chi connectivity index (χ0) is 24.8. The minimum atomic E-state index is -0.724. The van der Waals surface area contributed by atoms with Crippen LogP contribution in [0.2, 0.25) is 0 Å². The maximum Gasteiger partial charge on any atom is 0.317 e. The molecule has 0 bridgehead atoms. The smallest absolute Gasteiger partial charge is 0.317 e. The fourth-order valence-electron chi connectivity index (χ4n) is 4.07. The van der Waals surface area contributed by atoms with Gasteiger partial charge in [0.05, 0.1) is 11.7 Å². The first-order chi connectivity index (χ1) is 16.2. The Hall–Kier alpha value is -3.42. The van der Waals surface area contributed by atoms with Crippen LogP contribution in [0.5, 0.6) is 0 Å². The molecule has 1 aliphatic heterocycles. The van der Waals surface area contributed by atoms with E-state index in [1.54, 1.807) is 25.9 Å². The molecule has 8 nitrogen and oxygen atoms in total. The molecule has 1 aliphatic rings. The predicted octanol–water partition coefficient (Wildman–Crippen LogP) is 3.06. The Morgan fingerprint density at radius 2 is 1.71 bits per heavy atom. The van der Waals surface area contributed by atoms with Gasteiger partial charge in [-0.1, -0.05) is 50.2 Å². The Morgan fingerprint density at radius 3 is 2.29 bits per heavy atom. The average Bonchev–Trinajstić information content (AvgIpc) is 3.32. The summed E-state index contributed by atoms with van der Waals surface area (Å²) in [5.74, 6) is -0.122. The second-order valence-electron chi connectivity index (χ2n) is 9.28. The fraction of sp³-hybridized carbons (Fsp3) is 0.462. The lowest BCUT2D eigenvalue weighted by Gasteiger charge is -2.29. The van der Waals surface area contributed by atoms with Crippen LogP contribution in [0, 0.1) is 0 Å². The van der Waals surface area contributed by atoms with Crippen molar-refractivity contribution in [2.45, 2.75) is 57.7 Å². The third-order valence-electron chi connectivity index (χ3n) is 6.15. The number of urea groups is 1. The van der Waals surface area contributed by atoms with Crippen molar-refractivity contribution in [3.8, 4) is 0 Å². The van der Waals surface area contributed by atoms with Crippen molar-refractivity contribution in [2.75, 3.05) is 20.6 Å². The Bertz CT molecular complexity index is 991. The molecule has 1 aromatic carbocycles. The van der Waals surface area contributed by atoms with Crippen molar-refractivity contribution in [1.82, 2.24) is 25.4 Å². The van der Waals surface area contributed by atoms with Crippen LogP contribution in [-0.2, 0) is 9.59 Å². The van der Waals surface area contributed by atoms with Gasteiger partial charge in [-0.3, -0.25) is 14.6 Å². The zero-order valence-electron chi connectivity index (χ0n) is 20.6. The summed E-state index contributed by atoms with van der Waals surface area (Å²) in [6, 6.07) is 11.6. The molecule has 1 aromatic heterocycles. The molecule has 182 valence electrons. The number of nitrogens with zero attached hydrogens (tertiary/aromatic N) is 3. The SMILES string of the molecule is CC(C)c1ccc([C@@H](NC(=O)[C@@H]2CCCN2C(=O)[C@H](C)NC(=O)N(C)C)c2ccccc2)nc1. The van der Waals surface area contributed by atoms with Crippen LogP contribution in [0.15, 0.2) is 48.7 Å². The summed E-state index contributed by atoms with van der Waals surface area (Å²) < 4.78 is 0. The van der Waals surface area contributed by atoms with E-state index < -0.39 is 18.1 Å². The van der Waals surface area contributed by atoms with Crippen molar-refractivity contribution in [3.63, 3.8) is 0 Å². The van der Waals surface area contributed by atoms with E-state index in [2.05, 4.69) is 29.5 Å². The number of amides is 4. The number of carbonyl (C=O) groups is 3. The minimum Gasteiger partial charge on any atom is -0.342 e. The highest BCUT2D eigenvalue weighted by Gasteiger charge is 2.37. The van der Waals surface area contributed by atoms with Crippen molar-refractivity contribution >= 4 is 17.8 Å². The number of hydrogen-bond acceptors (Lipinski definition) is 4. The quantitative estimate of drug-likeness (QED) is 0.657. The molecule has 0 saturated carbocycles. The number of rotatable bonds is 7. The minimum absolute atomic E-state index is 0.222. The van der Waals surface area contributed by atoms with Crippen molar-refractivity contribution in [1.29, 1.82) is 0 Å². The first-order valence-corrected chi connectivity index (χ1v) is 11.8. The molecule has 0 spiro atoms. The summed E-state index contributed by atoms with van der Waals surface area (Å²) >= 11 is 0. The Morgan fingerprint density at radius 1 is 1.00 bits per heavy atom. The summed E-state index contributed by atoms with van der Waals surface area (Å²) in [7, 11) is 3.23. The van der Waals surface area contributed by atoms with Gasteiger partial charge in [0.15, 0.2) is 0 Å². The van der Waals surface area contributed by atoms with Gasteiger partial charge >= 0.3 is 6.03 Å². The van der Waals surface area contributed by atoms with Crippen LogP contribution in [0.1, 0.15) is 62.4 Å². The van der Waals surface area contributed by atoms with E-state index >= 15 is 0 Å². The van der Waals surface area contributed by atoms with E-state index in [4.69, 9.17) is 0 Å². The molecular formula is C26H35N5O3. The largest absolute Gasteiger partial charge is 0.342 e. The van der Waals surface area contributed by atoms with Gasteiger partial charge in [0, 0.05) is 26.8 Å². The predicted molar refractivity (Wildman–Crippen MR) is 131 cm³/mol. The van der Waals surface area contributed by atoms with Crippen molar-refractivity contribution in [2.24, 2.45) is 0 Å². The van der Waals surface area contributed by atoms with Gasteiger partial charge in [0.1, 0.15) is 12.1 Å². The van der Waals surface area contributed by atoms with Crippen LogP contribution in [0.4, 0.5) is 4.79 Å². The molecule has 0 radical (unpaired) electrons. The molecule has 0 aliphatic carbocycles. The van der Waals surface area contributed by atoms with Crippen LogP contribution in [0.25, 0.3) is 0 Å². The van der Waals surface area contributed by atoms with E-state index in [-0.39, 0.29) is 17.8 Å². The highest BCUT2D eigenvalue weighted by molar-refractivity contribution is 5.92. The van der Waals surface area contributed by atoms with Gasteiger partial charge in [0.25, 0.3) is 0 Å². The monoisotopic (exact) mass is 465 g/mol. The van der Waals surface area contributed by atoms with Crippen molar-refractivity contribution in [3.05, 3.63) is 65.5 Å². The molecule has 0 unspecified atom stereocenters. The maximum absolute atomic E-state index is 13.4. The standard InChI is InChI=1S/C26H35N5O3/c1-17(2)20-13-14-21(27-16-20)23(19-10-7-6-8-11-19)29-24(32)22-12-9-15-31(22)25(33)18(3)28-26(34)30(4)5/h6-8,10-11,13-14,16-18,22-23H,9,12,15H2,1-5H3,(H,28,34)(H,29,32)/t18-,22-,23-/m0/s1. The second kappa shape index (κ2) is 11.1. The lowest BCUT2D eigenvalue weighted by Crippen LogP contribution is -2.54. The van der Waals surface area contributed by atoms with Gasteiger partial charge in [-0.15, -0.1) is 0 Å². The number of carbonyl (C=O) groups excluding carboxylic acids is 3. The third kappa shape index (κ3) is 5.92. The molecule has 2 heterocycles. The number of hydrogen-bond donors (Lipinski definition) is 2. The van der Waals surface area contributed by atoms with Gasteiger partial charge in [-0.05, 0) is 42.9 Å². The van der Waals surface area contributed by atoms with Crippen LogP contribution >= 0.6 is 0 Å². The molecule has 2 aromatic rings. The first kappa shape index (κ1) is 25.2. The number of pyridine rings is 1. The van der Waals surface area contributed by atoms with E-state index in [9.17, 15) is 14.4 Å². The molecule has 3 rings (SSSR count). The van der Waals surface area contributed by atoms with E-state index in [1.807, 2.05) is 48.7 Å².